The van der Waals surface area contributed by atoms with Crippen LogP contribution in [0.5, 0.6) is 0 Å². The quantitative estimate of drug-likeness (QED) is 0.557. The Kier molecular flexibility index (Phi) is 4.98. The van der Waals surface area contributed by atoms with E-state index in [4.69, 9.17) is 4.74 Å². The molecule has 0 heterocycles. The predicted molar refractivity (Wildman–Crippen MR) is 95.8 cm³/mol. The molecule has 3 nitrogen and oxygen atoms in total. The van der Waals surface area contributed by atoms with E-state index in [1.165, 1.54) is 0 Å². The van der Waals surface area contributed by atoms with Crippen molar-refractivity contribution < 1.29 is 9.53 Å². The normalized spacial score (nSPS) is 15.6. The van der Waals surface area contributed by atoms with E-state index >= 15 is 0 Å². The van der Waals surface area contributed by atoms with Crippen LogP contribution in [-0.4, -0.2) is 24.7 Å². The number of nitrogens with zero attached hydrogens (tertiary/aromatic N) is 1. The topological polar surface area (TPSA) is 29.5 Å². The number of esters is 1. The van der Waals surface area contributed by atoms with Gasteiger partial charge in [-0.3, -0.25) is 4.79 Å². The number of ether oxygens (including phenoxy) is 1. The Balaban J connectivity index is 2.17. The van der Waals surface area contributed by atoms with Crippen molar-refractivity contribution in [2.45, 2.75) is 44.6 Å². The fourth-order valence-electron chi connectivity index (χ4n) is 2.70. The lowest BCUT2D eigenvalue weighted by Crippen LogP contribution is -2.32. The molecule has 0 atom stereocenters. The van der Waals surface area contributed by atoms with Crippen LogP contribution in [0.4, 0.5) is 5.69 Å². The molecule has 1 aromatic rings. The van der Waals surface area contributed by atoms with Crippen LogP contribution in [0.1, 0.15) is 39.2 Å². The molecular formula is C20H27NO2. The number of hydrogen-bond donors (Lipinski definition) is 0. The van der Waals surface area contributed by atoms with E-state index in [9.17, 15) is 4.79 Å². The molecule has 0 radical (unpaired) electrons. The summed E-state index contributed by atoms with van der Waals surface area (Å²) in [6, 6.07) is 8.22. The van der Waals surface area contributed by atoms with Crippen molar-refractivity contribution >= 4 is 11.7 Å². The Bertz CT molecular complexity index is 567. The first kappa shape index (κ1) is 17.3. The third kappa shape index (κ3) is 4.04. The van der Waals surface area contributed by atoms with Gasteiger partial charge in [0.1, 0.15) is 5.60 Å². The minimum atomic E-state index is -0.447. The van der Waals surface area contributed by atoms with E-state index in [-0.39, 0.29) is 5.97 Å². The number of rotatable bonds is 7. The highest BCUT2D eigenvalue weighted by molar-refractivity contribution is 5.87. The zero-order chi connectivity index (χ0) is 17.1. The summed E-state index contributed by atoms with van der Waals surface area (Å²) in [4.78, 5) is 14.7. The largest absolute Gasteiger partial charge is 0.459 e. The predicted octanol–water partition coefficient (Wildman–Crippen LogP) is 4.24. The summed E-state index contributed by atoms with van der Waals surface area (Å²) in [6.07, 6.45) is 5.48. The molecule has 2 rings (SSSR count). The van der Waals surface area contributed by atoms with Gasteiger partial charge in [0, 0.05) is 18.8 Å². The van der Waals surface area contributed by atoms with Crippen molar-refractivity contribution in [2.75, 3.05) is 18.0 Å². The number of anilines is 1. The Morgan fingerprint density at radius 1 is 1.17 bits per heavy atom. The molecule has 0 N–H and O–H groups in total. The van der Waals surface area contributed by atoms with Crippen LogP contribution in [0, 0.1) is 0 Å². The summed E-state index contributed by atoms with van der Waals surface area (Å²) in [7, 11) is 0. The highest BCUT2D eigenvalue weighted by atomic mass is 16.6. The molecule has 1 aliphatic carbocycles. The molecule has 0 unspecified atom stereocenters. The van der Waals surface area contributed by atoms with Gasteiger partial charge in [-0.05, 0) is 51.3 Å². The smallest absolute Gasteiger partial charge is 0.317 e. The first-order valence-electron chi connectivity index (χ1n) is 8.13. The van der Waals surface area contributed by atoms with Crippen molar-refractivity contribution in [3.8, 4) is 0 Å². The van der Waals surface area contributed by atoms with Gasteiger partial charge < -0.3 is 9.64 Å². The van der Waals surface area contributed by atoms with Gasteiger partial charge in [0.15, 0.2) is 0 Å². The first-order valence-corrected chi connectivity index (χ1v) is 8.13. The molecule has 0 amide bonds. The third-order valence-electron chi connectivity index (χ3n) is 4.02. The molecule has 3 heteroatoms. The van der Waals surface area contributed by atoms with Gasteiger partial charge in [-0.25, -0.2) is 0 Å². The first-order chi connectivity index (χ1) is 10.8. The Labute approximate surface area is 139 Å². The van der Waals surface area contributed by atoms with E-state index in [1.54, 1.807) is 0 Å². The van der Waals surface area contributed by atoms with Gasteiger partial charge >= 0.3 is 5.97 Å². The highest BCUT2D eigenvalue weighted by Gasteiger charge is 2.53. The van der Waals surface area contributed by atoms with E-state index in [2.05, 4.69) is 30.2 Å². The maximum absolute atomic E-state index is 12.5. The lowest BCUT2D eigenvalue weighted by atomic mass is 9.95. The van der Waals surface area contributed by atoms with Crippen LogP contribution in [0.15, 0.2) is 49.6 Å². The van der Waals surface area contributed by atoms with Crippen LogP contribution in [0.3, 0.4) is 0 Å². The Morgan fingerprint density at radius 3 is 2.09 bits per heavy atom. The second kappa shape index (κ2) is 6.61. The minimum Gasteiger partial charge on any atom is -0.459 e. The van der Waals surface area contributed by atoms with Crippen LogP contribution in [0.2, 0.25) is 0 Å². The van der Waals surface area contributed by atoms with Crippen molar-refractivity contribution in [3.63, 3.8) is 0 Å². The van der Waals surface area contributed by atoms with Gasteiger partial charge in [0.05, 0.1) is 5.41 Å². The van der Waals surface area contributed by atoms with E-state index in [0.717, 1.165) is 37.2 Å². The van der Waals surface area contributed by atoms with Crippen LogP contribution < -0.4 is 4.90 Å². The zero-order valence-corrected chi connectivity index (χ0v) is 14.5. The molecular weight excluding hydrogens is 286 g/mol. The van der Waals surface area contributed by atoms with E-state index in [0.29, 0.717) is 0 Å². The summed E-state index contributed by atoms with van der Waals surface area (Å²) in [5.41, 5.74) is 1.27. The average molecular weight is 313 g/mol. The average Bonchev–Trinajstić information content (AvgIpc) is 3.27. The molecule has 0 bridgehead atoms. The molecule has 0 spiro atoms. The van der Waals surface area contributed by atoms with Gasteiger partial charge in [0.2, 0.25) is 0 Å². The van der Waals surface area contributed by atoms with Gasteiger partial charge in [-0.2, -0.15) is 0 Å². The SMILES string of the molecule is C=CCN(CC=C)c1ccc(C2(C(=O)OC(C)(C)C)CC2)cc1. The van der Waals surface area contributed by atoms with E-state index < -0.39 is 11.0 Å². The van der Waals surface area contributed by atoms with Gasteiger partial charge in [-0.15, -0.1) is 13.2 Å². The second-order valence-electron chi connectivity index (χ2n) is 7.11. The molecule has 1 aromatic carbocycles. The molecule has 1 fully saturated rings. The second-order valence-corrected chi connectivity index (χ2v) is 7.11. The van der Waals surface area contributed by atoms with Crippen molar-refractivity contribution in [1.29, 1.82) is 0 Å². The molecule has 0 saturated heterocycles. The number of benzene rings is 1. The summed E-state index contributed by atoms with van der Waals surface area (Å²) in [5, 5.41) is 0. The Morgan fingerprint density at radius 2 is 1.70 bits per heavy atom. The maximum atomic E-state index is 12.5. The molecule has 1 aliphatic rings. The van der Waals surface area contributed by atoms with Gasteiger partial charge in [0.25, 0.3) is 0 Å². The fourth-order valence-corrected chi connectivity index (χ4v) is 2.70. The molecule has 0 aromatic heterocycles. The third-order valence-corrected chi connectivity index (χ3v) is 4.02. The van der Waals surface area contributed by atoms with Crippen molar-refractivity contribution in [2.24, 2.45) is 0 Å². The number of hydrogen-bond acceptors (Lipinski definition) is 3. The zero-order valence-electron chi connectivity index (χ0n) is 14.5. The summed E-state index contributed by atoms with van der Waals surface area (Å²) in [6.45, 7) is 14.9. The van der Waals surface area contributed by atoms with Crippen molar-refractivity contribution in [3.05, 3.63) is 55.1 Å². The fraction of sp³-hybridized carbons (Fsp3) is 0.450. The summed E-state index contributed by atoms with van der Waals surface area (Å²) < 4.78 is 5.60. The molecule has 0 aliphatic heterocycles. The molecule has 124 valence electrons. The minimum absolute atomic E-state index is 0.105. The monoisotopic (exact) mass is 313 g/mol. The lowest BCUT2D eigenvalue weighted by molar-refractivity contribution is -0.158. The summed E-state index contributed by atoms with van der Waals surface area (Å²) in [5.74, 6) is -0.105. The number of carbonyl (C=O) groups excluding carboxylic acids is 1. The standard InChI is InChI=1S/C20H27NO2/c1-6-14-21(15-7-2)17-10-8-16(9-11-17)20(12-13-20)18(22)23-19(3,4)5/h6-11H,1-2,12-15H2,3-5H3. The highest BCUT2D eigenvalue weighted by Crippen LogP contribution is 2.50. The van der Waals surface area contributed by atoms with Crippen LogP contribution in [-0.2, 0) is 14.9 Å². The van der Waals surface area contributed by atoms with E-state index in [1.807, 2.05) is 45.1 Å². The maximum Gasteiger partial charge on any atom is 0.317 e. The lowest BCUT2D eigenvalue weighted by Gasteiger charge is -2.25. The Hall–Kier alpha value is -2.03. The van der Waals surface area contributed by atoms with Gasteiger partial charge in [-0.1, -0.05) is 24.3 Å². The molecule has 1 saturated carbocycles. The van der Waals surface area contributed by atoms with Crippen molar-refractivity contribution in [1.82, 2.24) is 0 Å². The van der Waals surface area contributed by atoms with Crippen LogP contribution in [0.25, 0.3) is 0 Å². The van der Waals surface area contributed by atoms with Crippen LogP contribution >= 0.6 is 0 Å². The number of carbonyl (C=O) groups is 1. The summed E-state index contributed by atoms with van der Waals surface area (Å²) >= 11 is 0. The molecule has 23 heavy (non-hydrogen) atoms.